The number of alkyl halides is 3. The van der Waals surface area contributed by atoms with Crippen LogP contribution in [0.25, 0.3) is 0 Å². The van der Waals surface area contributed by atoms with E-state index in [4.69, 9.17) is 35.3 Å². The highest BCUT2D eigenvalue weighted by Crippen LogP contribution is 2.32. The normalized spacial score (nSPS) is 11.2. The van der Waals surface area contributed by atoms with E-state index in [2.05, 4.69) is 21.2 Å². The average molecular weight is 635 g/mol. The molecular weight excluding hydrogens is 601 g/mol. The van der Waals surface area contributed by atoms with Crippen molar-refractivity contribution in [2.75, 3.05) is 32.2 Å². The summed E-state index contributed by atoms with van der Waals surface area (Å²) in [5.74, 6) is -2.87. The summed E-state index contributed by atoms with van der Waals surface area (Å²) in [6, 6.07) is 12.7. The molecule has 1 aromatic heterocycles. The first kappa shape index (κ1) is 35.8. The molecule has 0 aliphatic heterocycles. The van der Waals surface area contributed by atoms with Crippen LogP contribution < -0.4 is 31.4 Å². The Kier molecular flexibility index (Phi) is 13.6. The number of halogens is 3. The number of nitrogens with two attached hydrogens (primary N) is 1. The topological polar surface area (TPSA) is 198 Å². The molecule has 2 aromatic carbocycles. The van der Waals surface area contributed by atoms with Gasteiger partial charge >= 0.3 is 12.1 Å². The molecule has 16 heteroatoms. The molecule has 0 aliphatic carbocycles. The molecule has 0 radical (unpaired) electrons. The molecule has 0 spiro atoms. The zero-order chi connectivity index (χ0) is 33.6. The molecule has 0 aliphatic rings. The van der Waals surface area contributed by atoms with Gasteiger partial charge in [0.05, 0.1) is 18.8 Å². The van der Waals surface area contributed by atoms with E-state index in [1.807, 2.05) is 6.92 Å². The Labute approximate surface area is 256 Å². The van der Waals surface area contributed by atoms with Crippen molar-refractivity contribution in [3.63, 3.8) is 0 Å². The molecule has 3 aromatic rings. The predicted molar refractivity (Wildman–Crippen MR) is 157 cm³/mol. The van der Waals surface area contributed by atoms with E-state index in [0.717, 1.165) is 5.56 Å². The molecule has 1 atom stereocenters. The number of nitrogens with one attached hydrogen (secondary N) is 4. The summed E-state index contributed by atoms with van der Waals surface area (Å²) in [6.45, 7) is 4.76. The van der Waals surface area contributed by atoms with E-state index in [1.165, 1.54) is 6.20 Å². The number of hydrogen-bond donors (Lipinski definition) is 6. The summed E-state index contributed by atoms with van der Waals surface area (Å²) in [4.78, 5) is 38.9. The van der Waals surface area contributed by atoms with Gasteiger partial charge in [0.25, 0.3) is 11.8 Å². The minimum Gasteiger partial charge on any atom is -0.490 e. The van der Waals surface area contributed by atoms with Gasteiger partial charge in [-0.1, -0.05) is 6.07 Å². The summed E-state index contributed by atoms with van der Waals surface area (Å²) in [5.41, 5.74) is 13.3. The van der Waals surface area contributed by atoms with Gasteiger partial charge in [-0.2, -0.15) is 13.2 Å². The molecule has 3 rings (SSSR count). The Morgan fingerprint density at radius 3 is 2.24 bits per heavy atom. The lowest BCUT2D eigenvalue weighted by Crippen LogP contribution is -2.45. The summed E-state index contributed by atoms with van der Waals surface area (Å²) < 4.78 is 48.3. The molecule has 1 unspecified atom stereocenters. The maximum absolute atomic E-state index is 13.4. The first-order valence-corrected chi connectivity index (χ1v) is 13.2. The second kappa shape index (κ2) is 17.0. The van der Waals surface area contributed by atoms with Crippen molar-refractivity contribution in [3.05, 3.63) is 83.2 Å². The summed E-state index contributed by atoms with van der Waals surface area (Å²) in [6.07, 6.45) is -2.07. The van der Waals surface area contributed by atoms with Crippen LogP contribution in [-0.4, -0.2) is 66.8 Å². The van der Waals surface area contributed by atoms with E-state index in [1.54, 1.807) is 68.8 Å². The number of nitrogens with zero attached hydrogens (tertiary/aromatic N) is 1. The molecule has 13 nitrogen and oxygen atoms in total. The monoisotopic (exact) mass is 634 g/mol. The number of amides is 2. The Morgan fingerprint density at radius 1 is 1.02 bits per heavy atom. The molecule has 2 amide bonds. The Bertz CT molecular complexity index is 1470. The third-order valence-corrected chi connectivity index (χ3v) is 5.74. The van der Waals surface area contributed by atoms with Gasteiger partial charge in [0.2, 0.25) is 0 Å². The largest absolute Gasteiger partial charge is 0.490 e. The molecule has 0 saturated heterocycles. The smallest absolute Gasteiger partial charge is 0.490 e. The van der Waals surface area contributed by atoms with Crippen LogP contribution in [0.4, 0.5) is 18.9 Å². The third-order valence-electron chi connectivity index (χ3n) is 5.74. The average Bonchev–Trinajstić information content (AvgIpc) is 2.99. The van der Waals surface area contributed by atoms with Crippen LogP contribution in [0.2, 0.25) is 0 Å². The number of aryl methyl sites for hydroxylation is 1. The van der Waals surface area contributed by atoms with Crippen molar-refractivity contribution < 1.29 is 46.9 Å². The summed E-state index contributed by atoms with van der Waals surface area (Å²) in [7, 11) is 1.59. The number of methoxy groups -OCH3 is 1. The number of nitrogen functional groups attached to an aromatic ring is 1. The zero-order valence-corrected chi connectivity index (χ0v) is 24.5. The van der Waals surface area contributed by atoms with E-state index >= 15 is 0 Å². The van der Waals surface area contributed by atoms with Crippen LogP contribution >= 0.6 is 0 Å². The lowest BCUT2D eigenvalue weighted by Gasteiger charge is -2.22. The highest BCUT2D eigenvalue weighted by atomic mass is 19.4. The van der Waals surface area contributed by atoms with Gasteiger partial charge in [0.15, 0.2) is 11.5 Å². The van der Waals surface area contributed by atoms with Crippen molar-refractivity contribution >= 4 is 29.3 Å². The van der Waals surface area contributed by atoms with Crippen molar-refractivity contribution in [1.29, 1.82) is 5.41 Å². The van der Waals surface area contributed by atoms with Crippen molar-refractivity contribution in [1.82, 2.24) is 15.8 Å². The van der Waals surface area contributed by atoms with Gasteiger partial charge in [0.1, 0.15) is 18.5 Å². The van der Waals surface area contributed by atoms with Gasteiger partial charge < -0.3 is 30.4 Å². The predicted octanol–water partition coefficient (Wildman–Crippen LogP) is 3.35. The quantitative estimate of drug-likeness (QED) is 0.0744. The fraction of sp³-hybridized carbons (Fsp3) is 0.276. The fourth-order valence-corrected chi connectivity index (χ4v) is 3.50. The summed E-state index contributed by atoms with van der Waals surface area (Å²) in [5, 5.41) is 17.9. The van der Waals surface area contributed by atoms with E-state index in [0.29, 0.717) is 53.7 Å². The van der Waals surface area contributed by atoms with Gasteiger partial charge in [-0.15, -0.1) is 0 Å². The summed E-state index contributed by atoms with van der Waals surface area (Å²) >= 11 is 0. The zero-order valence-electron chi connectivity index (χ0n) is 24.5. The number of carboxylic acid groups (broad SMARTS) is 1. The van der Waals surface area contributed by atoms with Crippen molar-refractivity contribution in [2.24, 2.45) is 5.73 Å². The van der Waals surface area contributed by atoms with Crippen LogP contribution in [-0.2, 0) is 14.3 Å². The molecular formula is C29H33F3N6O7. The molecule has 0 saturated carbocycles. The first-order chi connectivity index (χ1) is 21.3. The molecule has 7 N–H and O–H groups in total. The number of hydrogen-bond acceptors (Lipinski definition) is 9. The number of rotatable bonds is 12. The lowest BCUT2D eigenvalue weighted by molar-refractivity contribution is -0.192. The maximum Gasteiger partial charge on any atom is 0.490 e. The van der Waals surface area contributed by atoms with E-state index in [-0.39, 0.29) is 5.84 Å². The molecule has 242 valence electrons. The third kappa shape index (κ3) is 11.3. The second-order valence-corrected chi connectivity index (χ2v) is 8.99. The number of amidine groups is 1. The Balaban J connectivity index is 0.000000900. The van der Waals surface area contributed by atoms with Crippen LogP contribution in [0.3, 0.4) is 0 Å². The maximum atomic E-state index is 13.4. The second-order valence-electron chi connectivity index (χ2n) is 8.99. The first-order valence-electron chi connectivity index (χ1n) is 13.2. The fourth-order valence-electron chi connectivity index (χ4n) is 3.50. The molecule has 0 bridgehead atoms. The van der Waals surface area contributed by atoms with E-state index < -0.39 is 30.0 Å². The molecule has 1 heterocycles. The number of anilines is 1. The number of carbonyl (C=O) groups excluding carboxylic acids is 2. The standard InChI is InChI=1S/C27H32N6O5.C2HF3O2/c1-4-37-23-15-19(7-10-22(23)38-14-13-36-3)24(31-20-8-5-18(6-9-20)25(28)29)27(35)33-32-26(34)21-16-30-12-11-17(21)2;3-2(4,5)1(6)7/h5-12,15-16,24,31H,4,13-14H2,1-3H3,(H3,28,29)(H,32,34)(H,33,35);(H,6,7). The van der Waals surface area contributed by atoms with Crippen LogP contribution in [0.15, 0.2) is 60.9 Å². The SMILES string of the molecule is CCOc1cc(C(Nc2ccc(C(=N)N)cc2)C(=O)NNC(=O)c2cnccc2C)ccc1OCCOC.O=C(O)C(F)(F)F. The van der Waals surface area contributed by atoms with Crippen molar-refractivity contribution in [2.45, 2.75) is 26.1 Å². The number of ether oxygens (including phenoxy) is 3. The van der Waals surface area contributed by atoms with Crippen molar-refractivity contribution in [3.8, 4) is 11.5 Å². The highest BCUT2D eigenvalue weighted by molar-refractivity contribution is 5.97. The van der Waals surface area contributed by atoms with Gasteiger partial charge in [-0.25, -0.2) is 4.79 Å². The number of benzene rings is 2. The number of pyridine rings is 1. The minimum absolute atomic E-state index is 0.0651. The van der Waals surface area contributed by atoms with Gasteiger partial charge in [-0.3, -0.25) is 30.8 Å². The van der Waals surface area contributed by atoms with Crippen LogP contribution in [0.5, 0.6) is 11.5 Å². The highest BCUT2D eigenvalue weighted by Gasteiger charge is 2.38. The van der Waals surface area contributed by atoms with E-state index in [9.17, 15) is 22.8 Å². The number of carboxylic acids is 1. The molecule has 0 fully saturated rings. The number of aliphatic carboxylic acids is 1. The molecule has 45 heavy (non-hydrogen) atoms. The number of hydrazine groups is 1. The Morgan fingerprint density at radius 2 is 1.69 bits per heavy atom. The minimum atomic E-state index is -5.08. The number of aromatic nitrogens is 1. The number of carbonyl (C=O) groups is 3. The Hall–Kier alpha value is -5.38. The van der Waals surface area contributed by atoms with Gasteiger partial charge in [0, 0.05) is 30.8 Å². The van der Waals surface area contributed by atoms with Crippen LogP contribution in [0.1, 0.15) is 40.0 Å². The lowest BCUT2D eigenvalue weighted by atomic mass is 10.0. The van der Waals surface area contributed by atoms with Gasteiger partial charge in [-0.05, 0) is 67.4 Å². The van der Waals surface area contributed by atoms with Crippen LogP contribution in [0, 0.1) is 12.3 Å².